The van der Waals surface area contributed by atoms with Gasteiger partial charge in [0.15, 0.2) is 6.61 Å². The predicted molar refractivity (Wildman–Crippen MR) is 80.4 cm³/mol. The molecule has 0 spiro atoms. The molecule has 0 radical (unpaired) electrons. The van der Waals surface area contributed by atoms with E-state index in [9.17, 15) is 19.2 Å². The van der Waals surface area contributed by atoms with Crippen LogP contribution >= 0.6 is 0 Å². The average molecular weight is 329 g/mol. The number of fused-ring (bicyclic) bond motifs is 1. The third-order valence-electron chi connectivity index (χ3n) is 3.35. The molecule has 1 aromatic rings. The summed E-state index contributed by atoms with van der Waals surface area (Å²) in [6.07, 6.45) is 0.180. The second-order valence-corrected chi connectivity index (χ2v) is 5.04. The molecule has 1 aliphatic rings. The van der Waals surface area contributed by atoms with Crippen molar-refractivity contribution in [3.8, 4) is 6.07 Å². The maximum Gasteiger partial charge on any atom is 0.326 e. The zero-order chi connectivity index (χ0) is 17.5. The molecule has 1 N–H and O–H groups in total. The summed E-state index contributed by atoms with van der Waals surface area (Å²) in [5.41, 5.74) is 0.994. The molecule has 8 nitrogen and oxygen atoms in total. The number of rotatable bonds is 6. The smallest absolute Gasteiger partial charge is 0.326 e. The Hall–Kier alpha value is -3.21. The fourth-order valence-corrected chi connectivity index (χ4v) is 2.19. The lowest BCUT2D eigenvalue weighted by molar-refractivity contribution is -0.151. The van der Waals surface area contributed by atoms with Crippen LogP contribution in [0.3, 0.4) is 0 Å². The minimum Gasteiger partial charge on any atom is -0.454 e. The first kappa shape index (κ1) is 17.1. The molecule has 0 saturated carbocycles. The number of hydrogen-bond acceptors (Lipinski definition) is 6. The van der Waals surface area contributed by atoms with Gasteiger partial charge < -0.3 is 10.1 Å². The van der Waals surface area contributed by atoms with Gasteiger partial charge in [0.05, 0.1) is 18.9 Å². The number of nitrogens with zero attached hydrogens (tertiary/aromatic N) is 2. The lowest BCUT2D eigenvalue weighted by Crippen LogP contribution is -2.45. The van der Waals surface area contributed by atoms with Gasteiger partial charge in [-0.05, 0) is 11.6 Å². The van der Waals surface area contributed by atoms with Gasteiger partial charge in [-0.15, -0.1) is 0 Å². The number of nitriles is 1. The molecule has 0 aliphatic carbocycles. The summed E-state index contributed by atoms with van der Waals surface area (Å²) < 4.78 is 4.74. The standard InChI is InChI=1S/C16H15N3O5/c17-6-3-7-18-13(20)10-24-15(22)9-19-14(21)8-11-4-1-2-5-12(11)16(19)23/h1-2,4-5H,3,7-10H2,(H,18,20). The fourth-order valence-electron chi connectivity index (χ4n) is 2.19. The molecule has 2 rings (SSSR count). The topological polar surface area (TPSA) is 117 Å². The maximum absolute atomic E-state index is 12.3. The van der Waals surface area contributed by atoms with E-state index in [0.29, 0.717) is 11.1 Å². The van der Waals surface area contributed by atoms with Gasteiger partial charge >= 0.3 is 5.97 Å². The predicted octanol–water partition coefficient (Wildman–Crippen LogP) is -0.215. The zero-order valence-electron chi connectivity index (χ0n) is 12.8. The van der Waals surface area contributed by atoms with Crippen molar-refractivity contribution < 1.29 is 23.9 Å². The normalized spacial score (nSPS) is 13.0. The number of carbonyl (C=O) groups is 4. The molecule has 0 unspecified atom stereocenters. The van der Waals surface area contributed by atoms with Gasteiger partial charge in [0, 0.05) is 12.1 Å². The summed E-state index contributed by atoms with van der Waals surface area (Å²) >= 11 is 0. The lowest BCUT2D eigenvalue weighted by atomic mass is 9.98. The third-order valence-corrected chi connectivity index (χ3v) is 3.35. The Morgan fingerprint density at radius 3 is 2.79 bits per heavy atom. The van der Waals surface area contributed by atoms with Crippen LogP contribution in [-0.4, -0.2) is 48.3 Å². The highest BCUT2D eigenvalue weighted by Crippen LogP contribution is 2.19. The number of imide groups is 1. The van der Waals surface area contributed by atoms with Crippen molar-refractivity contribution in [1.29, 1.82) is 5.26 Å². The Balaban J connectivity index is 1.88. The molecular formula is C16H15N3O5. The molecule has 3 amide bonds. The molecule has 24 heavy (non-hydrogen) atoms. The van der Waals surface area contributed by atoms with Crippen molar-refractivity contribution in [3.63, 3.8) is 0 Å². The first-order valence-electron chi connectivity index (χ1n) is 7.25. The molecule has 0 atom stereocenters. The zero-order valence-corrected chi connectivity index (χ0v) is 12.8. The van der Waals surface area contributed by atoms with Crippen molar-refractivity contribution in [2.75, 3.05) is 19.7 Å². The molecule has 1 aliphatic heterocycles. The number of nitrogens with one attached hydrogen (secondary N) is 1. The molecule has 8 heteroatoms. The lowest BCUT2D eigenvalue weighted by Gasteiger charge is -2.25. The number of ether oxygens (including phenoxy) is 1. The van der Waals surface area contributed by atoms with Gasteiger partial charge in [0.25, 0.3) is 11.8 Å². The largest absolute Gasteiger partial charge is 0.454 e. The van der Waals surface area contributed by atoms with Gasteiger partial charge in [-0.3, -0.25) is 24.1 Å². The van der Waals surface area contributed by atoms with E-state index < -0.39 is 36.8 Å². The summed E-state index contributed by atoms with van der Waals surface area (Å²) in [5.74, 6) is -2.46. The average Bonchev–Trinajstić information content (AvgIpc) is 2.57. The molecule has 1 heterocycles. The molecule has 0 saturated heterocycles. The van der Waals surface area contributed by atoms with E-state index in [1.807, 2.05) is 6.07 Å². The van der Waals surface area contributed by atoms with Crippen LogP contribution in [0.1, 0.15) is 22.3 Å². The molecular weight excluding hydrogens is 314 g/mol. The van der Waals surface area contributed by atoms with Gasteiger partial charge in [-0.2, -0.15) is 5.26 Å². The number of carbonyl (C=O) groups excluding carboxylic acids is 4. The number of benzene rings is 1. The Morgan fingerprint density at radius 1 is 1.29 bits per heavy atom. The highest BCUT2D eigenvalue weighted by Gasteiger charge is 2.32. The first-order chi connectivity index (χ1) is 11.5. The summed E-state index contributed by atoms with van der Waals surface area (Å²) in [6.45, 7) is -0.915. The fraction of sp³-hybridized carbons (Fsp3) is 0.312. The van der Waals surface area contributed by atoms with E-state index in [2.05, 4.69) is 5.32 Å². The van der Waals surface area contributed by atoms with Crippen LogP contribution in [0.5, 0.6) is 0 Å². The van der Waals surface area contributed by atoms with Crippen LogP contribution in [0, 0.1) is 11.3 Å². The van der Waals surface area contributed by atoms with Crippen molar-refractivity contribution in [1.82, 2.24) is 10.2 Å². The van der Waals surface area contributed by atoms with Crippen molar-refractivity contribution >= 4 is 23.7 Å². The van der Waals surface area contributed by atoms with Crippen molar-refractivity contribution in [2.45, 2.75) is 12.8 Å². The second kappa shape index (κ2) is 7.87. The van der Waals surface area contributed by atoms with E-state index in [-0.39, 0.29) is 19.4 Å². The van der Waals surface area contributed by atoms with E-state index in [0.717, 1.165) is 4.90 Å². The minimum absolute atomic E-state index is 0.0316. The van der Waals surface area contributed by atoms with Gasteiger partial charge in [0.1, 0.15) is 6.54 Å². The summed E-state index contributed by atoms with van der Waals surface area (Å²) in [6, 6.07) is 8.54. The Kier molecular flexibility index (Phi) is 5.63. The van der Waals surface area contributed by atoms with Gasteiger partial charge in [0.2, 0.25) is 5.91 Å². The molecule has 1 aromatic carbocycles. The maximum atomic E-state index is 12.3. The monoisotopic (exact) mass is 329 g/mol. The van der Waals surface area contributed by atoms with Crippen LogP contribution in [-0.2, 0) is 25.5 Å². The Bertz CT molecular complexity index is 723. The van der Waals surface area contributed by atoms with Crippen molar-refractivity contribution in [2.24, 2.45) is 0 Å². The van der Waals surface area contributed by atoms with Crippen molar-refractivity contribution in [3.05, 3.63) is 35.4 Å². The quantitative estimate of drug-likeness (QED) is 0.438. The van der Waals surface area contributed by atoms with Gasteiger partial charge in [-0.25, -0.2) is 0 Å². The van der Waals surface area contributed by atoms with Crippen LogP contribution in [0.4, 0.5) is 0 Å². The van der Waals surface area contributed by atoms with E-state index in [1.54, 1.807) is 24.3 Å². The minimum atomic E-state index is -0.855. The van der Waals surface area contributed by atoms with E-state index in [1.165, 1.54) is 0 Å². The first-order valence-corrected chi connectivity index (χ1v) is 7.25. The Labute approximate surface area is 138 Å². The molecule has 0 fully saturated rings. The number of amides is 3. The Morgan fingerprint density at radius 2 is 2.04 bits per heavy atom. The van der Waals surface area contributed by atoms with E-state index in [4.69, 9.17) is 10.00 Å². The van der Waals surface area contributed by atoms with Gasteiger partial charge in [-0.1, -0.05) is 18.2 Å². The molecule has 124 valence electrons. The van der Waals surface area contributed by atoms with Crippen LogP contribution < -0.4 is 5.32 Å². The number of hydrogen-bond donors (Lipinski definition) is 1. The number of esters is 1. The molecule has 0 aromatic heterocycles. The SMILES string of the molecule is N#CCCNC(=O)COC(=O)CN1C(=O)Cc2ccccc2C1=O. The highest BCUT2D eigenvalue weighted by atomic mass is 16.5. The highest BCUT2D eigenvalue weighted by molar-refractivity contribution is 6.11. The summed E-state index contributed by atoms with van der Waals surface area (Å²) in [5, 5.41) is 10.7. The third kappa shape index (κ3) is 4.16. The van der Waals surface area contributed by atoms with Crippen LogP contribution in [0.25, 0.3) is 0 Å². The van der Waals surface area contributed by atoms with Crippen LogP contribution in [0.2, 0.25) is 0 Å². The molecule has 0 bridgehead atoms. The second-order valence-electron chi connectivity index (χ2n) is 5.04. The summed E-state index contributed by atoms with van der Waals surface area (Å²) in [4.78, 5) is 48.2. The summed E-state index contributed by atoms with van der Waals surface area (Å²) in [7, 11) is 0. The van der Waals surface area contributed by atoms with E-state index >= 15 is 0 Å². The van der Waals surface area contributed by atoms with Crippen LogP contribution in [0.15, 0.2) is 24.3 Å².